The molecule has 5 nitrogen and oxygen atoms in total. The van der Waals surface area contributed by atoms with Crippen molar-refractivity contribution < 1.29 is 13.9 Å². The summed E-state index contributed by atoms with van der Waals surface area (Å²) < 4.78 is 19.2. The van der Waals surface area contributed by atoms with E-state index in [-0.39, 0.29) is 18.5 Å². The molecular formula is C18H26FN3O2. The van der Waals surface area contributed by atoms with E-state index < -0.39 is 11.7 Å². The Morgan fingerprint density at radius 1 is 1.42 bits per heavy atom. The topological polar surface area (TPSA) is 65.4 Å². The number of nitrogens with one attached hydrogen (secondary N) is 2. The zero-order valence-corrected chi connectivity index (χ0v) is 14.2. The maximum Gasteiger partial charge on any atom is 0.258 e. The van der Waals surface area contributed by atoms with E-state index >= 15 is 0 Å². The van der Waals surface area contributed by atoms with Gasteiger partial charge in [-0.05, 0) is 24.5 Å². The fraction of sp³-hybridized carbons (Fsp3) is 0.667. The number of carbonyl (C=O) groups excluding carboxylic acids is 1. The number of carbonyl (C=O) groups is 1. The maximum absolute atomic E-state index is 13.5. The summed E-state index contributed by atoms with van der Waals surface area (Å²) in [6, 6.07) is 0. The number of alkyl halides is 1. The number of likely N-dealkylation sites (N-methyl/N-ethyl adjacent to an activating group) is 1. The second-order valence-electron chi connectivity index (χ2n) is 7.14. The van der Waals surface area contributed by atoms with Gasteiger partial charge in [0.15, 0.2) is 11.5 Å². The van der Waals surface area contributed by atoms with Crippen molar-refractivity contribution in [2.75, 3.05) is 13.7 Å². The molecule has 2 aliphatic carbocycles. The first-order valence-corrected chi connectivity index (χ1v) is 8.80. The van der Waals surface area contributed by atoms with Crippen LogP contribution in [0.2, 0.25) is 0 Å². The minimum absolute atomic E-state index is 0.107. The molecule has 6 heteroatoms. The van der Waals surface area contributed by atoms with Crippen LogP contribution in [0.1, 0.15) is 44.9 Å². The van der Waals surface area contributed by atoms with Gasteiger partial charge in [0.1, 0.15) is 18.5 Å². The molecule has 2 N–H and O–H groups in total. The molecule has 1 aliphatic heterocycles. The van der Waals surface area contributed by atoms with Crippen molar-refractivity contribution in [3.63, 3.8) is 0 Å². The Hall–Kier alpha value is -1.85. The lowest BCUT2D eigenvalue weighted by atomic mass is 9.79. The molecule has 24 heavy (non-hydrogen) atoms. The summed E-state index contributed by atoms with van der Waals surface area (Å²) in [6.07, 6.45) is 10.8. The van der Waals surface area contributed by atoms with Crippen molar-refractivity contribution in [1.29, 1.82) is 5.41 Å². The summed E-state index contributed by atoms with van der Waals surface area (Å²) in [4.78, 5) is 14.1. The molecule has 0 radical (unpaired) electrons. The third-order valence-corrected chi connectivity index (χ3v) is 5.24. The Labute approximate surface area is 142 Å². The van der Waals surface area contributed by atoms with Gasteiger partial charge in [0.2, 0.25) is 0 Å². The second-order valence-corrected chi connectivity index (χ2v) is 7.14. The summed E-state index contributed by atoms with van der Waals surface area (Å²) in [5.74, 6) is 0.904. The number of ether oxygens (including phenoxy) is 1. The molecule has 0 spiro atoms. The van der Waals surface area contributed by atoms with Gasteiger partial charge in [0, 0.05) is 13.5 Å². The summed E-state index contributed by atoms with van der Waals surface area (Å²) in [5.41, 5.74) is -0.911. The smallest absolute Gasteiger partial charge is 0.258 e. The molecule has 1 amide bonds. The van der Waals surface area contributed by atoms with Crippen LogP contribution in [-0.2, 0) is 9.53 Å². The minimum atomic E-state index is -1.03. The monoisotopic (exact) mass is 335 g/mol. The fourth-order valence-electron chi connectivity index (χ4n) is 3.88. The number of hydrogen-bond donors (Lipinski definition) is 2. The summed E-state index contributed by atoms with van der Waals surface area (Å²) in [5, 5.41) is 11.0. The second kappa shape index (κ2) is 6.95. The van der Waals surface area contributed by atoms with Crippen LogP contribution >= 0.6 is 0 Å². The van der Waals surface area contributed by atoms with E-state index in [1.54, 1.807) is 19.2 Å². The predicted molar refractivity (Wildman–Crippen MR) is 90.2 cm³/mol. The van der Waals surface area contributed by atoms with Crippen molar-refractivity contribution >= 4 is 11.9 Å². The van der Waals surface area contributed by atoms with Crippen LogP contribution in [0.5, 0.6) is 0 Å². The van der Waals surface area contributed by atoms with Crippen LogP contribution in [0.4, 0.5) is 4.39 Å². The molecule has 1 saturated heterocycles. The van der Waals surface area contributed by atoms with Crippen LogP contribution < -0.4 is 5.32 Å². The highest BCUT2D eigenvalue weighted by molar-refractivity contribution is 6.07. The molecule has 0 aromatic carbocycles. The van der Waals surface area contributed by atoms with Gasteiger partial charge < -0.3 is 10.1 Å². The Morgan fingerprint density at radius 3 is 2.79 bits per heavy atom. The number of guanidine groups is 1. The van der Waals surface area contributed by atoms with Crippen LogP contribution in [0, 0.1) is 11.3 Å². The first-order chi connectivity index (χ1) is 11.5. The van der Waals surface area contributed by atoms with Crippen LogP contribution in [0.15, 0.2) is 24.0 Å². The van der Waals surface area contributed by atoms with E-state index in [1.807, 2.05) is 0 Å². The van der Waals surface area contributed by atoms with E-state index in [0.717, 1.165) is 12.8 Å². The third-order valence-electron chi connectivity index (χ3n) is 5.24. The van der Waals surface area contributed by atoms with E-state index in [2.05, 4.69) is 5.32 Å². The normalized spacial score (nSPS) is 31.2. The van der Waals surface area contributed by atoms with Gasteiger partial charge in [-0.3, -0.25) is 15.1 Å². The molecular weight excluding hydrogens is 309 g/mol. The van der Waals surface area contributed by atoms with E-state index in [0.29, 0.717) is 24.5 Å². The van der Waals surface area contributed by atoms with Gasteiger partial charge in [-0.25, -0.2) is 4.39 Å². The molecule has 132 valence electrons. The molecule has 0 aromatic heterocycles. The average molecular weight is 335 g/mol. The van der Waals surface area contributed by atoms with E-state index in [9.17, 15) is 9.18 Å². The number of rotatable bonds is 5. The van der Waals surface area contributed by atoms with Crippen molar-refractivity contribution in [3.05, 3.63) is 24.0 Å². The fourth-order valence-corrected chi connectivity index (χ4v) is 3.88. The molecule has 0 aromatic rings. The zero-order valence-electron chi connectivity index (χ0n) is 14.2. The standard InChI is InChI=1S/C18H26FN3O2/c1-22-16(23)18(21-17(22)20,11-13-6-3-2-4-7-13)12-24-15-9-5-8-14(19)10-15/h5,9-10,13-14H,2-4,6-8,11-12H2,1H3,(H2,20,21). The zero-order chi connectivity index (χ0) is 17.2. The van der Waals surface area contributed by atoms with Crippen LogP contribution in [-0.4, -0.2) is 42.1 Å². The number of nitrogens with zero attached hydrogens (tertiary/aromatic N) is 1. The molecule has 3 rings (SSSR count). The van der Waals surface area contributed by atoms with Gasteiger partial charge in [0.05, 0.1) is 0 Å². The third kappa shape index (κ3) is 3.47. The van der Waals surface area contributed by atoms with Gasteiger partial charge >= 0.3 is 0 Å². The molecule has 1 heterocycles. The van der Waals surface area contributed by atoms with Crippen molar-refractivity contribution in [2.24, 2.45) is 5.92 Å². The van der Waals surface area contributed by atoms with E-state index in [4.69, 9.17) is 10.1 Å². The lowest BCUT2D eigenvalue weighted by molar-refractivity contribution is -0.132. The first-order valence-electron chi connectivity index (χ1n) is 8.80. The van der Waals surface area contributed by atoms with Gasteiger partial charge in [-0.15, -0.1) is 0 Å². The van der Waals surface area contributed by atoms with E-state index in [1.165, 1.54) is 30.2 Å². The van der Waals surface area contributed by atoms with Gasteiger partial charge in [-0.2, -0.15) is 0 Å². The van der Waals surface area contributed by atoms with Crippen LogP contribution in [0.25, 0.3) is 0 Å². The minimum Gasteiger partial charge on any atom is -0.491 e. The molecule has 3 aliphatic rings. The highest BCUT2D eigenvalue weighted by atomic mass is 19.1. The SMILES string of the molecule is CN1C(=N)NC(COC2=CC(F)CC=C2)(CC2CCCCC2)C1=O. The quantitative estimate of drug-likeness (QED) is 0.812. The highest BCUT2D eigenvalue weighted by Crippen LogP contribution is 2.34. The molecule has 2 unspecified atom stereocenters. The molecule has 0 bridgehead atoms. The Kier molecular flexibility index (Phi) is 4.92. The largest absolute Gasteiger partial charge is 0.491 e. The van der Waals surface area contributed by atoms with Crippen molar-refractivity contribution in [1.82, 2.24) is 10.2 Å². The van der Waals surface area contributed by atoms with Crippen molar-refractivity contribution in [2.45, 2.75) is 56.7 Å². The number of hydrogen-bond acceptors (Lipinski definition) is 3. The number of amides is 1. The Bertz CT molecular complexity index is 569. The summed E-state index contributed by atoms with van der Waals surface area (Å²) in [7, 11) is 1.61. The molecule has 2 atom stereocenters. The lowest BCUT2D eigenvalue weighted by Gasteiger charge is -2.33. The van der Waals surface area contributed by atoms with Gasteiger partial charge in [-0.1, -0.05) is 38.2 Å². The van der Waals surface area contributed by atoms with Crippen molar-refractivity contribution in [3.8, 4) is 0 Å². The average Bonchev–Trinajstić information content (AvgIpc) is 2.78. The highest BCUT2D eigenvalue weighted by Gasteiger charge is 2.50. The molecule has 1 saturated carbocycles. The maximum atomic E-state index is 13.5. The molecule has 2 fully saturated rings. The van der Waals surface area contributed by atoms with Gasteiger partial charge in [0.25, 0.3) is 5.91 Å². The number of allylic oxidation sites excluding steroid dienone is 3. The summed E-state index contributed by atoms with van der Waals surface area (Å²) in [6.45, 7) is 0.123. The Balaban J connectivity index is 1.73. The van der Waals surface area contributed by atoms with Crippen LogP contribution in [0.3, 0.4) is 0 Å². The first kappa shape index (κ1) is 17.0. The summed E-state index contributed by atoms with van der Waals surface area (Å²) >= 11 is 0. The predicted octanol–water partition coefficient (Wildman–Crippen LogP) is 2.89. The Morgan fingerprint density at radius 2 is 2.17 bits per heavy atom. The number of halogens is 1. The lowest BCUT2D eigenvalue weighted by Crippen LogP contribution is -2.52.